The van der Waals surface area contributed by atoms with Gasteiger partial charge in [0, 0.05) is 12.3 Å². The molecule has 0 spiro atoms. The van der Waals surface area contributed by atoms with Crippen molar-refractivity contribution in [2.75, 3.05) is 31.0 Å². The molecule has 80 valence electrons. The Morgan fingerprint density at radius 3 is 2.00 bits per heavy atom. The Balaban J connectivity index is 0. The Kier molecular flexibility index (Phi) is 13.0. The number of hydrogen-bond donors (Lipinski definition) is 0. The van der Waals surface area contributed by atoms with Gasteiger partial charge >= 0.3 is 58.4 Å². The number of thioether (sulfide) groups is 1. The molecule has 0 aliphatic heterocycles. The molecule has 0 radical (unpaired) electrons. The maximum atomic E-state index is 11.8. The van der Waals surface area contributed by atoms with Crippen molar-refractivity contribution in [2.45, 2.75) is 13.8 Å². The fraction of sp³-hybridized carbons (Fsp3) is 1.00. The van der Waals surface area contributed by atoms with E-state index in [1.54, 1.807) is 0 Å². The van der Waals surface area contributed by atoms with Crippen LogP contribution in [0.25, 0.3) is 0 Å². The first-order chi connectivity index (χ1) is 5.99. The molecule has 0 atom stereocenters. The summed E-state index contributed by atoms with van der Waals surface area (Å²) in [5, 5.41) is 0. The normalized spacial score (nSPS) is 11.6. The van der Waals surface area contributed by atoms with Crippen LogP contribution in [0, 0.1) is 0 Å². The van der Waals surface area contributed by atoms with Crippen LogP contribution in [0.3, 0.4) is 0 Å². The van der Waals surface area contributed by atoms with Gasteiger partial charge in [-0.05, 0) is 18.7 Å². The minimum atomic E-state index is -4.60. The van der Waals surface area contributed by atoms with E-state index in [2.05, 4.69) is 4.90 Å². The third-order valence-electron chi connectivity index (χ3n) is 1.75. The van der Waals surface area contributed by atoms with Gasteiger partial charge in [-0.3, -0.25) is 0 Å². The van der Waals surface area contributed by atoms with Gasteiger partial charge in [0.05, 0.1) is 0 Å². The summed E-state index contributed by atoms with van der Waals surface area (Å²) in [7, 11) is 0. The molecule has 0 aromatic carbocycles. The molecule has 0 N–H and O–H groups in total. The van der Waals surface area contributed by atoms with E-state index in [1.165, 1.54) is 0 Å². The second-order valence-corrected chi connectivity index (χ2v) is 3.96. The molecule has 0 saturated heterocycles. The first-order valence-corrected chi connectivity index (χ1v) is 5.66. The topological polar surface area (TPSA) is 3.24 Å². The third kappa shape index (κ3) is 11.9. The van der Waals surface area contributed by atoms with Gasteiger partial charge in [0.25, 0.3) is 0 Å². The molecular formula is C7H16BF3KNS. The van der Waals surface area contributed by atoms with Gasteiger partial charge in [0.2, 0.25) is 0 Å². The average Bonchev–Trinajstić information content (AvgIpc) is 2.03. The number of nitrogens with zero attached hydrogens (tertiary/aromatic N) is 1. The predicted octanol–water partition coefficient (Wildman–Crippen LogP) is -0.548. The molecular weight excluding hydrogens is 237 g/mol. The van der Waals surface area contributed by atoms with Crippen molar-refractivity contribution in [3.05, 3.63) is 0 Å². The van der Waals surface area contributed by atoms with Crippen LogP contribution in [-0.2, 0) is 0 Å². The Morgan fingerprint density at radius 1 is 1.14 bits per heavy atom. The van der Waals surface area contributed by atoms with E-state index < -0.39 is 12.6 Å². The van der Waals surface area contributed by atoms with E-state index in [4.69, 9.17) is 0 Å². The van der Waals surface area contributed by atoms with Crippen LogP contribution in [-0.4, -0.2) is 42.9 Å². The predicted molar refractivity (Wildman–Crippen MR) is 54.2 cm³/mol. The van der Waals surface area contributed by atoms with Crippen LogP contribution in [0.15, 0.2) is 0 Å². The standard InChI is InChI=1S/C7H16BF3NS.K/c1-3-12(4-2)5-6-13-7-8(9,10)11;/h3-7H2,1-2H3;/q-1;+1. The molecule has 0 bridgehead atoms. The summed E-state index contributed by atoms with van der Waals surface area (Å²) in [6.45, 7) is 2.01. The van der Waals surface area contributed by atoms with Gasteiger partial charge in [0.15, 0.2) is 0 Å². The SMILES string of the molecule is CCN(CC)CCSC[B-](F)(F)F.[K+]. The van der Waals surface area contributed by atoms with Crippen molar-refractivity contribution in [3.8, 4) is 0 Å². The van der Waals surface area contributed by atoms with Gasteiger partial charge in [-0.15, -0.1) is 0 Å². The summed E-state index contributed by atoms with van der Waals surface area (Å²) in [6.07, 6.45) is 0. The smallest absolute Gasteiger partial charge is 0.448 e. The van der Waals surface area contributed by atoms with Gasteiger partial charge in [-0.1, -0.05) is 13.8 Å². The molecule has 7 heteroatoms. The van der Waals surface area contributed by atoms with Crippen molar-refractivity contribution in [1.29, 1.82) is 0 Å². The van der Waals surface area contributed by atoms with Crippen molar-refractivity contribution in [2.24, 2.45) is 0 Å². The number of halogens is 3. The average molecular weight is 253 g/mol. The molecule has 0 aromatic rings. The van der Waals surface area contributed by atoms with Crippen LogP contribution in [0.5, 0.6) is 0 Å². The van der Waals surface area contributed by atoms with Gasteiger partial charge < -0.3 is 17.8 Å². The molecule has 0 aliphatic carbocycles. The number of hydrogen-bond acceptors (Lipinski definition) is 2. The van der Waals surface area contributed by atoms with Crippen LogP contribution < -0.4 is 51.4 Å². The van der Waals surface area contributed by atoms with E-state index in [9.17, 15) is 12.9 Å². The Labute approximate surface area is 131 Å². The summed E-state index contributed by atoms with van der Waals surface area (Å²) in [5.74, 6) is 0.572. The first-order valence-electron chi connectivity index (χ1n) is 4.50. The largest absolute Gasteiger partial charge is 1.00 e. The zero-order valence-corrected chi connectivity index (χ0v) is 13.0. The summed E-state index contributed by atoms with van der Waals surface area (Å²) in [4.78, 5) is 2.12. The molecule has 0 aromatic heterocycles. The molecule has 0 saturated carbocycles. The van der Waals surface area contributed by atoms with E-state index >= 15 is 0 Å². The summed E-state index contributed by atoms with van der Waals surface area (Å²) in [5.41, 5.74) is -0.665. The van der Waals surface area contributed by atoms with Gasteiger partial charge in [-0.25, -0.2) is 0 Å². The maximum absolute atomic E-state index is 11.8. The van der Waals surface area contributed by atoms with Crippen molar-refractivity contribution >= 4 is 18.7 Å². The molecule has 0 rings (SSSR count). The maximum Gasteiger partial charge on any atom is 1.00 e. The quantitative estimate of drug-likeness (QED) is 0.442. The van der Waals surface area contributed by atoms with Crippen molar-refractivity contribution < 1.29 is 64.3 Å². The fourth-order valence-electron chi connectivity index (χ4n) is 0.950. The molecule has 0 unspecified atom stereocenters. The Bertz CT molecular complexity index is 133. The fourth-order valence-corrected chi connectivity index (χ4v) is 1.77. The molecule has 0 fully saturated rings. The minimum absolute atomic E-state index is 0. The Hall–Kier alpha value is 1.80. The Morgan fingerprint density at radius 2 is 1.64 bits per heavy atom. The van der Waals surface area contributed by atoms with Crippen molar-refractivity contribution in [3.63, 3.8) is 0 Å². The second kappa shape index (κ2) is 9.99. The minimum Gasteiger partial charge on any atom is -0.448 e. The first kappa shape index (κ1) is 18.2. The van der Waals surface area contributed by atoms with Crippen molar-refractivity contribution in [1.82, 2.24) is 4.90 Å². The molecule has 0 heterocycles. The van der Waals surface area contributed by atoms with Gasteiger partial charge in [0.1, 0.15) is 0 Å². The third-order valence-corrected chi connectivity index (χ3v) is 2.84. The van der Waals surface area contributed by atoms with E-state index in [0.29, 0.717) is 5.75 Å². The van der Waals surface area contributed by atoms with Crippen LogP contribution in [0.1, 0.15) is 13.8 Å². The zero-order valence-electron chi connectivity index (χ0n) is 9.10. The van der Waals surface area contributed by atoms with Crippen LogP contribution in [0.4, 0.5) is 12.9 Å². The van der Waals surface area contributed by atoms with E-state index in [0.717, 1.165) is 31.4 Å². The van der Waals surface area contributed by atoms with E-state index in [1.807, 2.05) is 13.8 Å². The summed E-state index contributed by atoms with van der Waals surface area (Å²) in [6, 6.07) is 0. The molecule has 0 aliphatic rings. The summed E-state index contributed by atoms with van der Waals surface area (Å²) < 4.78 is 35.3. The van der Waals surface area contributed by atoms with Crippen LogP contribution >= 0.6 is 11.8 Å². The number of rotatable bonds is 7. The van der Waals surface area contributed by atoms with E-state index in [-0.39, 0.29) is 51.4 Å². The molecule has 1 nitrogen and oxygen atoms in total. The molecule has 0 amide bonds. The summed E-state index contributed by atoms with van der Waals surface area (Å²) >= 11 is 0.980. The second-order valence-electron chi connectivity index (χ2n) is 2.81. The zero-order chi connectivity index (χ0) is 10.3. The van der Waals surface area contributed by atoms with Gasteiger partial charge in [-0.2, -0.15) is 11.8 Å². The van der Waals surface area contributed by atoms with Crippen LogP contribution in [0.2, 0.25) is 0 Å². The molecule has 14 heavy (non-hydrogen) atoms. The monoisotopic (exact) mass is 253 g/mol.